The maximum absolute atomic E-state index is 11.9. The Morgan fingerprint density at radius 1 is 1.24 bits per heavy atom. The molecule has 0 N–H and O–H groups in total. The summed E-state index contributed by atoms with van der Waals surface area (Å²) >= 11 is 3.41. The molecule has 96 valence electrons. The molecule has 17 heavy (non-hydrogen) atoms. The summed E-state index contributed by atoms with van der Waals surface area (Å²) in [4.78, 5) is 0. The van der Waals surface area contributed by atoms with E-state index < -0.39 is 6.36 Å². The zero-order valence-electron chi connectivity index (χ0n) is 9.43. The molecule has 0 aliphatic carbocycles. The van der Waals surface area contributed by atoms with Crippen LogP contribution in [0.25, 0.3) is 0 Å². The van der Waals surface area contributed by atoms with Crippen molar-refractivity contribution in [1.29, 1.82) is 0 Å². The number of rotatable bonds is 5. The van der Waals surface area contributed by atoms with Gasteiger partial charge in [-0.3, -0.25) is 0 Å². The van der Waals surface area contributed by atoms with Crippen LogP contribution >= 0.6 is 15.9 Å². The molecule has 1 atom stereocenters. The van der Waals surface area contributed by atoms with Crippen molar-refractivity contribution in [3.05, 3.63) is 29.8 Å². The van der Waals surface area contributed by atoms with Gasteiger partial charge in [0.15, 0.2) is 0 Å². The quantitative estimate of drug-likeness (QED) is 0.725. The minimum atomic E-state index is -4.62. The Balaban J connectivity index is 2.62. The molecule has 1 nitrogen and oxygen atoms in total. The molecule has 5 heteroatoms. The molecule has 0 bridgehead atoms. The van der Waals surface area contributed by atoms with Gasteiger partial charge in [-0.1, -0.05) is 41.4 Å². The molecule has 1 unspecified atom stereocenters. The average Bonchev–Trinajstić information content (AvgIpc) is 2.26. The summed E-state index contributed by atoms with van der Waals surface area (Å²) in [6.45, 7) is 2.09. The predicted molar refractivity (Wildman–Crippen MR) is 64.4 cm³/mol. The fourth-order valence-corrected chi connectivity index (χ4v) is 2.16. The molecule has 1 aromatic rings. The van der Waals surface area contributed by atoms with Crippen molar-refractivity contribution in [2.45, 2.75) is 26.1 Å². The van der Waals surface area contributed by atoms with E-state index in [1.165, 1.54) is 12.1 Å². The molecule has 0 saturated carbocycles. The normalized spacial score (nSPS) is 13.5. The molecule has 0 aromatic heterocycles. The number of benzene rings is 1. The second-order valence-corrected chi connectivity index (χ2v) is 4.47. The molecule has 0 heterocycles. The van der Waals surface area contributed by atoms with Crippen LogP contribution in [0.15, 0.2) is 24.3 Å². The van der Waals surface area contributed by atoms with Gasteiger partial charge < -0.3 is 4.74 Å². The molecule has 0 aliphatic rings. The van der Waals surface area contributed by atoms with Gasteiger partial charge in [0.05, 0.1) is 0 Å². The fourth-order valence-electron chi connectivity index (χ4n) is 1.47. The Labute approximate surface area is 107 Å². The zero-order valence-corrected chi connectivity index (χ0v) is 11.0. The van der Waals surface area contributed by atoms with Crippen LogP contribution in [0.3, 0.4) is 0 Å². The maximum Gasteiger partial charge on any atom is 0.573 e. The Morgan fingerprint density at radius 2 is 1.82 bits per heavy atom. The summed E-state index contributed by atoms with van der Waals surface area (Å²) < 4.78 is 39.6. The average molecular weight is 311 g/mol. The first-order valence-electron chi connectivity index (χ1n) is 5.35. The lowest BCUT2D eigenvalue weighted by molar-refractivity contribution is -0.274. The summed E-state index contributed by atoms with van der Waals surface area (Å²) in [5.74, 6) is 0.331. The van der Waals surface area contributed by atoms with Crippen molar-refractivity contribution in [3.8, 4) is 5.75 Å². The minimum Gasteiger partial charge on any atom is -0.406 e. The lowest BCUT2D eigenvalue weighted by Crippen LogP contribution is -2.17. The topological polar surface area (TPSA) is 9.23 Å². The minimum absolute atomic E-state index is 0.173. The van der Waals surface area contributed by atoms with E-state index in [1.807, 2.05) is 0 Å². The van der Waals surface area contributed by atoms with Crippen LogP contribution in [-0.4, -0.2) is 11.7 Å². The van der Waals surface area contributed by atoms with Crippen molar-refractivity contribution in [3.63, 3.8) is 0 Å². The van der Waals surface area contributed by atoms with Gasteiger partial charge in [0.25, 0.3) is 0 Å². The second-order valence-electron chi connectivity index (χ2n) is 3.82. The molecule has 0 spiro atoms. The van der Waals surface area contributed by atoms with Crippen molar-refractivity contribution in [1.82, 2.24) is 0 Å². The van der Waals surface area contributed by atoms with E-state index in [4.69, 9.17) is 0 Å². The first-order valence-corrected chi connectivity index (χ1v) is 6.47. The largest absolute Gasteiger partial charge is 0.573 e. The number of halogens is 4. The van der Waals surface area contributed by atoms with E-state index in [2.05, 4.69) is 27.6 Å². The predicted octanol–water partition coefficient (Wildman–Crippen LogP) is 4.55. The van der Waals surface area contributed by atoms with Crippen LogP contribution in [0.2, 0.25) is 0 Å². The number of alkyl halides is 4. The molecular weight excluding hydrogens is 297 g/mol. The highest BCUT2D eigenvalue weighted by atomic mass is 79.9. The van der Waals surface area contributed by atoms with Gasteiger partial charge in [0.1, 0.15) is 5.75 Å². The van der Waals surface area contributed by atoms with E-state index in [-0.39, 0.29) is 5.75 Å². The van der Waals surface area contributed by atoms with Crippen LogP contribution in [-0.2, 0) is 6.42 Å². The summed E-state index contributed by atoms with van der Waals surface area (Å²) in [7, 11) is 0. The summed E-state index contributed by atoms with van der Waals surface area (Å²) in [5, 5.41) is 0.893. The zero-order chi connectivity index (χ0) is 12.9. The third-order valence-corrected chi connectivity index (χ3v) is 3.39. The van der Waals surface area contributed by atoms with Gasteiger partial charge in [0, 0.05) is 5.33 Å². The van der Waals surface area contributed by atoms with Gasteiger partial charge in [-0.2, -0.15) is 0 Å². The molecule has 1 rings (SSSR count). The first kappa shape index (κ1) is 14.4. The highest BCUT2D eigenvalue weighted by Gasteiger charge is 2.30. The van der Waals surface area contributed by atoms with Gasteiger partial charge in [-0.25, -0.2) is 0 Å². The Morgan fingerprint density at radius 3 is 2.24 bits per heavy atom. The van der Waals surface area contributed by atoms with Crippen molar-refractivity contribution >= 4 is 15.9 Å². The second kappa shape index (κ2) is 6.28. The van der Waals surface area contributed by atoms with Crippen molar-refractivity contribution < 1.29 is 17.9 Å². The Bertz CT molecular complexity index is 331. The van der Waals surface area contributed by atoms with Gasteiger partial charge in [0.2, 0.25) is 0 Å². The molecule has 0 fully saturated rings. The summed E-state index contributed by atoms with van der Waals surface area (Å²) in [6.07, 6.45) is -2.73. The summed E-state index contributed by atoms with van der Waals surface area (Å²) in [6, 6.07) is 6.05. The standard InChI is InChI=1S/C12H14BrF3O/c1-2-9(8-13)7-10-3-5-11(6-4-10)17-12(14,15)16/h3-6,9H,2,7-8H2,1H3. The molecule has 1 aromatic carbocycles. The Kier molecular flexibility index (Phi) is 5.31. The Hall–Kier alpha value is -0.710. The van der Waals surface area contributed by atoms with Crippen LogP contribution < -0.4 is 4.74 Å². The third kappa shape index (κ3) is 5.44. The highest BCUT2D eigenvalue weighted by molar-refractivity contribution is 9.09. The van der Waals surface area contributed by atoms with Crippen molar-refractivity contribution in [2.75, 3.05) is 5.33 Å². The molecular formula is C12H14BrF3O. The van der Waals surface area contributed by atoms with Crippen LogP contribution in [0, 0.1) is 5.92 Å². The maximum atomic E-state index is 11.9. The molecule has 0 amide bonds. The lowest BCUT2D eigenvalue weighted by atomic mass is 9.99. The van der Waals surface area contributed by atoms with E-state index in [9.17, 15) is 13.2 Å². The van der Waals surface area contributed by atoms with Gasteiger partial charge >= 0.3 is 6.36 Å². The smallest absolute Gasteiger partial charge is 0.406 e. The van der Waals surface area contributed by atoms with Gasteiger partial charge in [-0.15, -0.1) is 13.2 Å². The van der Waals surface area contributed by atoms with Crippen LogP contribution in [0.5, 0.6) is 5.75 Å². The fraction of sp³-hybridized carbons (Fsp3) is 0.500. The first-order chi connectivity index (χ1) is 7.94. The van der Waals surface area contributed by atoms with Crippen LogP contribution in [0.1, 0.15) is 18.9 Å². The number of hydrogen-bond donors (Lipinski definition) is 0. The van der Waals surface area contributed by atoms with Crippen LogP contribution in [0.4, 0.5) is 13.2 Å². The monoisotopic (exact) mass is 310 g/mol. The SMILES string of the molecule is CCC(CBr)Cc1ccc(OC(F)(F)F)cc1. The number of ether oxygens (including phenoxy) is 1. The molecule has 0 saturated heterocycles. The third-order valence-electron chi connectivity index (χ3n) is 2.48. The van der Waals surface area contributed by atoms with E-state index >= 15 is 0 Å². The highest BCUT2D eigenvalue weighted by Crippen LogP contribution is 2.23. The lowest BCUT2D eigenvalue weighted by Gasteiger charge is -2.12. The van der Waals surface area contributed by atoms with E-state index in [0.29, 0.717) is 5.92 Å². The van der Waals surface area contributed by atoms with E-state index in [1.54, 1.807) is 12.1 Å². The molecule has 0 radical (unpaired) electrons. The summed E-state index contributed by atoms with van der Waals surface area (Å²) in [5.41, 5.74) is 1.02. The number of hydrogen-bond acceptors (Lipinski definition) is 1. The van der Waals surface area contributed by atoms with E-state index in [0.717, 1.165) is 23.7 Å². The van der Waals surface area contributed by atoms with Gasteiger partial charge in [-0.05, 0) is 30.0 Å². The molecule has 0 aliphatic heterocycles. The van der Waals surface area contributed by atoms with Crippen molar-refractivity contribution in [2.24, 2.45) is 5.92 Å².